The molecule has 2 aliphatic rings. The highest BCUT2D eigenvalue weighted by molar-refractivity contribution is 5.27. The van der Waals surface area contributed by atoms with Crippen LogP contribution in [0.15, 0.2) is 30.3 Å². The van der Waals surface area contributed by atoms with E-state index >= 15 is 0 Å². The minimum atomic E-state index is 0.712. The first-order valence-electron chi connectivity index (χ1n) is 5.95. The van der Waals surface area contributed by atoms with Crippen LogP contribution in [0.3, 0.4) is 0 Å². The molecule has 15 heavy (non-hydrogen) atoms. The van der Waals surface area contributed by atoms with Crippen LogP contribution in [-0.2, 0) is 0 Å². The minimum absolute atomic E-state index is 0.712. The van der Waals surface area contributed by atoms with Crippen molar-refractivity contribution in [3.8, 4) is 0 Å². The van der Waals surface area contributed by atoms with E-state index in [1.807, 2.05) is 0 Å². The zero-order valence-corrected chi connectivity index (χ0v) is 8.95. The predicted molar refractivity (Wildman–Crippen MR) is 62.0 cm³/mol. The fraction of sp³-hybridized carbons (Fsp3) is 0.538. The number of hydrogen-bond acceptors (Lipinski definition) is 2. The van der Waals surface area contributed by atoms with Gasteiger partial charge in [0, 0.05) is 24.5 Å². The fourth-order valence-electron chi connectivity index (χ4n) is 2.55. The van der Waals surface area contributed by atoms with Gasteiger partial charge < -0.3 is 10.6 Å². The highest BCUT2D eigenvalue weighted by Gasteiger charge is 2.39. The van der Waals surface area contributed by atoms with E-state index in [-0.39, 0.29) is 0 Å². The highest BCUT2D eigenvalue weighted by Crippen LogP contribution is 2.40. The van der Waals surface area contributed by atoms with Crippen molar-refractivity contribution in [3.05, 3.63) is 35.9 Å². The van der Waals surface area contributed by atoms with Gasteiger partial charge in [-0.2, -0.15) is 0 Å². The summed E-state index contributed by atoms with van der Waals surface area (Å²) in [5, 5.41) is 7.14. The Morgan fingerprint density at radius 1 is 1.20 bits per heavy atom. The second kappa shape index (κ2) is 3.95. The number of rotatable bonds is 3. The van der Waals surface area contributed by atoms with E-state index in [2.05, 4.69) is 41.0 Å². The summed E-state index contributed by atoms with van der Waals surface area (Å²) in [6.45, 7) is 2.33. The molecule has 0 bridgehead atoms. The van der Waals surface area contributed by atoms with Crippen molar-refractivity contribution in [3.63, 3.8) is 0 Å². The van der Waals surface area contributed by atoms with Crippen molar-refractivity contribution in [2.24, 2.45) is 0 Å². The van der Waals surface area contributed by atoms with Crippen LogP contribution < -0.4 is 10.6 Å². The van der Waals surface area contributed by atoms with Crippen LogP contribution in [-0.4, -0.2) is 25.2 Å². The molecule has 0 amide bonds. The Balaban J connectivity index is 1.55. The van der Waals surface area contributed by atoms with E-state index in [4.69, 9.17) is 0 Å². The molecule has 1 heterocycles. The molecular weight excluding hydrogens is 184 g/mol. The maximum atomic E-state index is 3.74. The maximum Gasteiger partial charge on any atom is 0.0207 e. The van der Waals surface area contributed by atoms with E-state index in [0.29, 0.717) is 6.04 Å². The van der Waals surface area contributed by atoms with Crippen molar-refractivity contribution >= 4 is 0 Å². The molecule has 2 fully saturated rings. The maximum absolute atomic E-state index is 3.74. The predicted octanol–water partition coefficient (Wildman–Crippen LogP) is 1.49. The van der Waals surface area contributed by atoms with Crippen LogP contribution in [0.2, 0.25) is 0 Å². The quantitative estimate of drug-likeness (QED) is 0.776. The SMILES string of the molecule is c1ccc(C2C[C@@H]2NC2CCNC2)cc1. The average molecular weight is 202 g/mol. The molecule has 2 N–H and O–H groups in total. The molecule has 0 spiro atoms. The first kappa shape index (κ1) is 9.37. The van der Waals surface area contributed by atoms with Gasteiger partial charge in [0.1, 0.15) is 0 Å². The Hall–Kier alpha value is -0.860. The summed E-state index contributed by atoms with van der Waals surface area (Å²) in [7, 11) is 0. The molecule has 2 heteroatoms. The first-order chi connectivity index (χ1) is 7.43. The third-order valence-electron chi connectivity index (χ3n) is 3.53. The monoisotopic (exact) mass is 202 g/mol. The van der Waals surface area contributed by atoms with Gasteiger partial charge in [-0.15, -0.1) is 0 Å². The number of nitrogens with one attached hydrogen (secondary N) is 2. The number of hydrogen-bond donors (Lipinski definition) is 2. The third kappa shape index (κ3) is 2.06. The van der Waals surface area contributed by atoms with Gasteiger partial charge in [0.15, 0.2) is 0 Å². The van der Waals surface area contributed by atoms with Crippen LogP contribution in [0.5, 0.6) is 0 Å². The average Bonchev–Trinajstić information content (AvgIpc) is 2.84. The van der Waals surface area contributed by atoms with E-state index in [1.54, 1.807) is 0 Å². The molecule has 0 radical (unpaired) electrons. The second-order valence-electron chi connectivity index (χ2n) is 4.72. The Labute approximate surface area is 91.1 Å². The third-order valence-corrected chi connectivity index (χ3v) is 3.53. The fourth-order valence-corrected chi connectivity index (χ4v) is 2.55. The van der Waals surface area contributed by atoms with Crippen LogP contribution in [0, 0.1) is 0 Å². The molecule has 1 saturated carbocycles. The van der Waals surface area contributed by atoms with Crippen LogP contribution in [0.4, 0.5) is 0 Å². The Morgan fingerprint density at radius 3 is 2.80 bits per heavy atom. The summed E-state index contributed by atoms with van der Waals surface area (Å²) in [4.78, 5) is 0. The molecule has 1 saturated heterocycles. The van der Waals surface area contributed by atoms with Crippen LogP contribution in [0.25, 0.3) is 0 Å². The molecule has 1 aliphatic carbocycles. The topological polar surface area (TPSA) is 24.1 Å². The first-order valence-corrected chi connectivity index (χ1v) is 5.95. The lowest BCUT2D eigenvalue weighted by Gasteiger charge is -2.10. The lowest BCUT2D eigenvalue weighted by Crippen LogP contribution is -2.33. The molecule has 3 atom stereocenters. The zero-order valence-electron chi connectivity index (χ0n) is 8.95. The Kier molecular flexibility index (Phi) is 2.47. The van der Waals surface area contributed by atoms with Crippen LogP contribution >= 0.6 is 0 Å². The molecule has 2 nitrogen and oxygen atoms in total. The van der Waals surface area contributed by atoms with Gasteiger partial charge in [-0.1, -0.05) is 30.3 Å². The molecular formula is C13H18N2. The van der Waals surface area contributed by atoms with Gasteiger partial charge in [0.05, 0.1) is 0 Å². The molecule has 2 unspecified atom stereocenters. The van der Waals surface area contributed by atoms with Gasteiger partial charge in [-0.3, -0.25) is 0 Å². The molecule has 1 aromatic carbocycles. The summed E-state index contributed by atoms with van der Waals surface area (Å²) in [6, 6.07) is 12.3. The zero-order chi connectivity index (χ0) is 10.1. The summed E-state index contributed by atoms with van der Waals surface area (Å²) < 4.78 is 0. The minimum Gasteiger partial charge on any atom is -0.315 e. The smallest absolute Gasteiger partial charge is 0.0207 e. The molecule has 1 aliphatic heterocycles. The van der Waals surface area contributed by atoms with Gasteiger partial charge in [0.2, 0.25) is 0 Å². The van der Waals surface area contributed by atoms with Crippen molar-refractivity contribution in [1.29, 1.82) is 0 Å². The molecule has 1 aromatic rings. The summed E-state index contributed by atoms with van der Waals surface area (Å²) in [5.74, 6) is 0.770. The number of benzene rings is 1. The Bertz CT molecular complexity index is 317. The van der Waals surface area contributed by atoms with E-state index < -0.39 is 0 Å². The largest absolute Gasteiger partial charge is 0.315 e. The van der Waals surface area contributed by atoms with E-state index in [0.717, 1.165) is 18.5 Å². The van der Waals surface area contributed by atoms with Crippen molar-refractivity contribution in [1.82, 2.24) is 10.6 Å². The Morgan fingerprint density at radius 2 is 2.07 bits per heavy atom. The highest BCUT2D eigenvalue weighted by atomic mass is 15.1. The lowest BCUT2D eigenvalue weighted by molar-refractivity contribution is 0.537. The van der Waals surface area contributed by atoms with Gasteiger partial charge >= 0.3 is 0 Å². The van der Waals surface area contributed by atoms with E-state index in [1.165, 1.54) is 24.9 Å². The van der Waals surface area contributed by atoms with E-state index in [9.17, 15) is 0 Å². The van der Waals surface area contributed by atoms with Crippen LogP contribution in [0.1, 0.15) is 24.3 Å². The normalized spacial score (nSPS) is 34.3. The molecule has 0 aromatic heterocycles. The van der Waals surface area contributed by atoms with Gasteiger partial charge in [-0.25, -0.2) is 0 Å². The lowest BCUT2D eigenvalue weighted by atomic mass is 10.1. The van der Waals surface area contributed by atoms with Crippen molar-refractivity contribution in [2.75, 3.05) is 13.1 Å². The summed E-state index contributed by atoms with van der Waals surface area (Å²) >= 11 is 0. The standard InChI is InChI=1S/C13H18N2/c1-2-4-10(5-3-1)12-8-13(12)15-11-6-7-14-9-11/h1-5,11-15H,6-9H2/t11?,12?,13-/m0/s1. The molecule has 80 valence electrons. The van der Waals surface area contributed by atoms with Gasteiger partial charge in [0.25, 0.3) is 0 Å². The summed E-state index contributed by atoms with van der Waals surface area (Å²) in [5.41, 5.74) is 1.50. The second-order valence-corrected chi connectivity index (χ2v) is 4.72. The van der Waals surface area contributed by atoms with Crippen molar-refractivity contribution < 1.29 is 0 Å². The summed E-state index contributed by atoms with van der Waals surface area (Å²) in [6.07, 6.45) is 2.61. The molecule has 3 rings (SSSR count). The van der Waals surface area contributed by atoms with Gasteiger partial charge in [-0.05, 0) is 24.9 Å². The van der Waals surface area contributed by atoms with Crippen molar-refractivity contribution in [2.45, 2.75) is 30.8 Å².